The van der Waals surface area contributed by atoms with Crippen molar-refractivity contribution in [3.63, 3.8) is 0 Å². The molecular formula is C18H15N3O2S. The molecule has 0 saturated carbocycles. The lowest BCUT2D eigenvalue weighted by atomic mass is 10.1. The molecule has 1 N–H and O–H groups in total. The van der Waals surface area contributed by atoms with Crippen LogP contribution in [0.15, 0.2) is 95.1 Å². The van der Waals surface area contributed by atoms with Crippen LogP contribution >= 0.6 is 0 Å². The zero-order valence-electron chi connectivity index (χ0n) is 12.7. The Morgan fingerprint density at radius 3 is 2.08 bits per heavy atom. The van der Waals surface area contributed by atoms with Gasteiger partial charge < -0.3 is 0 Å². The minimum absolute atomic E-state index is 0.155. The first kappa shape index (κ1) is 15.9. The van der Waals surface area contributed by atoms with Crippen molar-refractivity contribution in [1.29, 1.82) is 0 Å². The summed E-state index contributed by atoms with van der Waals surface area (Å²) in [7, 11) is -3.74. The van der Waals surface area contributed by atoms with Crippen LogP contribution in [0.3, 0.4) is 0 Å². The maximum atomic E-state index is 12.4. The normalized spacial score (nSPS) is 11.9. The summed E-state index contributed by atoms with van der Waals surface area (Å²) in [4.78, 5) is 6.71. The molecule has 0 amide bonds. The van der Waals surface area contributed by atoms with E-state index < -0.39 is 10.0 Å². The van der Waals surface area contributed by atoms with Crippen molar-refractivity contribution >= 4 is 15.7 Å². The van der Waals surface area contributed by atoms with Gasteiger partial charge in [0.2, 0.25) is 0 Å². The number of nitrogens with one attached hydrogen (secondary N) is 1. The molecule has 1 aromatic heterocycles. The fraction of sp³-hybridized carbons (Fsp3) is 0. The van der Waals surface area contributed by atoms with Gasteiger partial charge in [-0.2, -0.15) is 18.4 Å². The average Bonchev–Trinajstić information content (AvgIpc) is 2.64. The predicted molar refractivity (Wildman–Crippen MR) is 93.1 cm³/mol. The molecule has 5 nitrogen and oxygen atoms in total. The van der Waals surface area contributed by atoms with Crippen LogP contribution < -0.4 is 4.83 Å². The summed E-state index contributed by atoms with van der Waals surface area (Å²) < 4.78 is 24.7. The van der Waals surface area contributed by atoms with Crippen molar-refractivity contribution in [1.82, 2.24) is 9.82 Å². The van der Waals surface area contributed by atoms with Gasteiger partial charge in [0.1, 0.15) is 5.71 Å². The van der Waals surface area contributed by atoms with Crippen LogP contribution in [0.25, 0.3) is 0 Å². The Kier molecular flexibility index (Phi) is 4.67. The molecule has 6 heteroatoms. The molecule has 0 aliphatic carbocycles. The molecule has 24 heavy (non-hydrogen) atoms. The van der Waals surface area contributed by atoms with E-state index in [1.54, 1.807) is 36.5 Å². The van der Waals surface area contributed by atoms with Gasteiger partial charge in [-0.15, -0.1) is 0 Å². The van der Waals surface area contributed by atoms with E-state index in [1.807, 2.05) is 36.4 Å². The third kappa shape index (κ3) is 3.67. The molecule has 2 aromatic carbocycles. The summed E-state index contributed by atoms with van der Waals surface area (Å²) in [6.45, 7) is 0. The van der Waals surface area contributed by atoms with E-state index in [2.05, 4.69) is 14.9 Å². The Hall–Kier alpha value is -2.99. The van der Waals surface area contributed by atoms with E-state index in [4.69, 9.17) is 0 Å². The van der Waals surface area contributed by atoms with E-state index >= 15 is 0 Å². The summed E-state index contributed by atoms with van der Waals surface area (Å²) in [6.07, 6.45) is 1.64. The molecule has 3 aromatic rings. The van der Waals surface area contributed by atoms with E-state index in [9.17, 15) is 8.42 Å². The second kappa shape index (κ2) is 7.06. The van der Waals surface area contributed by atoms with Crippen molar-refractivity contribution < 1.29 is 8.42 Å². The number of hydrogen-bond acceptors (Lipinski definition) is 4. The largest absolute Gasteiger partial charge is 0.276 e. The molecule has 0 saturated heterocycles. The fourth-order valence-electron chi connectivity index (χ4n) is 2.13. The first-order chi connectivity index (χ1) is 11.7. The second-order valence-corrected chi connectivity index (χ2v) is 6.61. The smallest absolute Gasteiger partial charge is 0.255 e. The van der Waals surface area contributed by atoms with Gasteiger partial charge in [0.25, 0.3) is 10.0 Å². The number of aromatic nitrogens is 1. The van der Waals surface area contributed by atoms with E-state index in [1.165, 1.54) is 12.1 Å². The minimum Gasteiger partial charge on any atom is -0.255 e. The standard InChI is InChI=1S/C18H15N3O2S/c22-24(23,16-11-5-2-6-12-16)21-20-18(15-9-3-1-4-10-15)17-13-7-8-14-19-17/h1-14,21H/b20-18+. The SMILES string of the molecule is O=S(=O)(N/N=C(\c1ccccc1)c1ccccn1)c1ccccc1. The number of nitrogens with zero attached hydrogens (tertiary/aromatic N) is 2. The number of hydrogen-bond donors (Lipinski definition) is 1. The van der Waals surface area contributed by atoms with Crippen molar-refractivity contribution in [2.45, 2.75) is 4.90 Å². The minimum atomic E-state index is -3.74. The summed E-state index contributed by atoms with van der Waals surface area (Å²) in [5.41, 5.74) is 1.81. The highest BCUT2D eigenvalue weighted by molar-refractivity contribution is 7.89. The van der Waals surface area contributed by atoms with Crippen LogP contribution in [0.1, 0.15) is 11.3 Å². The monoisotopic (exact) mass is 337 g/mol. The lowest BCUT2D eigenvalue weighted by Gasteiger charge is -2.08. The summed E-state index contributed by atoms with van der Waals surface area (Å²) in [5, 5.41) is 4.13. The topological polar surface area (TPSA) is 71.4 Å². The van der Waals surface area contributed by atoms with Gasteiger partial charge in [0.15, 0.2) is 0 Å². The van der Waals surface area contributed by atoms with Gasteiger partial charge in [-0.1, -0.05) is 54.6 Å². The third-order valence-corrected chi connectivity index (χ3v) is 4.51. The number of sulfonamides is 1. The van der Waals surface area contributed by atoms with Crippen molar-refractivity contribution in [2.24, 2.45) is 5.10 Å². The summed E-state index contributed by atoms with van der Waals surface area (Å²) >= 11 is 0. The predicted octanol–water partition coefficient (Wildman–Crippen LogP) is 2.81. The Bertz CT molecular complexity index is 884. The number of rotatable bonds is 5. The van der Waals surface area contributed by atoms with Crippen LogP contribution in [-0.2, 0) is 10.0 Å². The molecular weight excluding hydrogens is 322 g/mol. The molecule has 1 heterocycles. The van der Waals surface area contributed by atoms with Crippen molar-refractivity contribution in [3.05, 3.63) is 96.3 Å². The van der Waals surface area contributed by atoms with Gasteiger partial charge in [0, 0.05) is 11.8 Å². The molecule has 0 aliphatic heterocycles. The highest BCUT2D eigenvalue weighted by atomic mass is 32.2. The maximum Gasteiger partial charge on any atom is 0.276 e. The van der Waals surface area contributed by atoms with Gasteiger partial charge in [-0.05, 0) is 24.3 Å². The molecule has 0 unspecified atom stereocenters. The van der Waals surface area contributed by atoms with E-state index in [0.717, 1.165) is 5.56 Å². The van der Waals surface area contributed by atoms with E-state index in [-0.39, 0.29) is 4.90 Å². The first-order valence-corrected chi connectivity index (χ1v) is 8.76. The molecule has 0 spiro atoms. The number of pyridine rings is 1. The van der Waals surface area contributed by atoms with Crippen LogP contribution in [0.4, 0.5) is 0 Å². The maximum absolute atomic E-state index is 12.4. The van der Waals surface area contributed by atoms with Crippen LogP contribution in [0.2, 0.25) is 0 Å². The number of hydrazone groups is 1. The lowest BCUT2D eigenvalue weighted by molar-refractivity contribution is 0.584. The summed E-state index contributed by atoms with van der Waals surface area (Å²) in [6, 6.07) is 22.8. The van der Waals surface area contributed by atoms with Gasteiger partial charge >= 0.3 is 0 Å². The van der Waals surface area contributed by atoms with Gasteiger partial charge in [-0.25, -0.2) is 0 Å². The molecule has 3 rings (SSSR count). The van der Waals surface area contributed by atoms with Gasteiger partial charge in [0.05, 0.1) is 10.6 Å². The van der Waals surface area contributed by atoms with Crippen LogP contribution in [0.5, 0.6) is 0 Å². The Morgan fingerprint density at radius 2 is 1.46 bits per heavy atom. The average molecular weight is 337 g/mol. The first-order valence-electron chi connectivity index (χ1n) is 7.28. The van der Waals surface area contributed by atoms with Crippen LogP contribution in [-0.4, -0.2) is 19.1 Å². The molecule has 0 fully saturated rings. The molecule has 0 bridgehead atoms. The quantitative estimate of drug-likeness (QED) is 0.575. The molecule has 0 aliphatic rings. The van der Waals surface area contributed by atoms with Crippen LogP contribution in [0, 0.1) is 0 Å². The lowest BCUT2D eigenvalue weighted by Crippen LogP contribution is -2.21. The Labute approximate surface area is 140 Å². The third-order valence-electron chi connectivity index (χ3n) is 3.29. The van der Waals surface area contributed by atoms with Crippen molar-refractivity contribution in [3.8, 4) is 0 Å². The Balaban J connectivity index is 1.99. The molecule has 0 radical (unpaired) electrons. The zero-order chi connectivity index (χ0) is 16.8. The van der Waals surface area contributed by atoms with Crippen molar-refractivity contribution in [2.75, 3.05) is 0 Å². The highest BCUT2D eigenvalue weighted by Crippen LogP contribution is 2.11. The zero-order valence-corrected chi connectivity index (χ0v) is 13.5. The Morgan fingerprint density at radius 1 is 0.833 bits per heavy atom. The number of benzene rings is 2. The van der Waals surface area contributed by atoms with Gasteiger partial charge in [-0.3, -0.25) is 4.98 Å². The van der Waals surface area contributed by atoms with E-state index in [0.29, 0.717) is 11.4 Å². The molecule has 120 valence electrons. The highest BCUT2D eigenvalue weighted by Gasteiger charge is 2.14. The molecule has 0 atom stereocenters. The second-order valence-electron chi connectivity index (χ2n) is 4.95. The fourth-order valence-corrected chi connectivity index (χ4v) is 2.96. The summed E-state index contributed by atoms with van der Waals surface area (Å²) in [5.74, 6) is 0.